The minimum Gasteiger partial charge on any atom is -0.369 e. The molecule has 0 aromatic carbocycles. The zero-order chi connectivity index (χ0) is 7.33. The summed E-state index contributed by atoms with van der Waals surface area (Å²) in [5, 5.41) is 32.6. The number of rotatable bonds is 0. The fourth-order valence-electron chi connectivity index (χ4n) is 0.0949. The van der Waals surface area contributed by atoms with E-state index >= 15 is 0 Å². The van der Waals surface area contributed by atoms with Crippen LogP contribution in [0.2, 0.25) is 0 Å². The van der Waals surface area contributed by atoms with Gasteiger partial charge in [0.05, 0.1) is 0 Å². The molecule has 0 aliphatic rings. The fourth-order valence-corrected chi connectivity index (χ4v) is 0.777. The van der Waals surface area contributed by atoms with E-state index in [0.29, 0.717) is 0 Å². The Kier molecular flexibility index (Phi) is 9.90. The SMILES string of the molecule is N#[C][Pt-2]([C]#N)([C]#N)[C]#N.[NH4+].[NH4+]. The first-order chi connectivity index (χ1) is 4.24. The molecule has 11 heavy (non-hydrogen) atoms. The topological polar surface area (TPSA) is 168 Å². The molecular weight excluding hydrogens is 327 g/mol. The summed E-state index contributed by atoms with van der Waals surface area (Å²) in [6.07, 6.45) is 0. The van der Waals surface area contributed by atoms with E-state index in [4.69, 9.17) is 21.0 Å². The Balaban J connectivity index is -0.000000320. The Morgan fingerprint density at radius 1 is 0.636 bits per heavy atom. The molecule has 0 saturated heterocycles. The van der Waals surface area contributed by atoms with Crippen molar-refractivity contribution in [2.24, 2.45) is 0 Å². The summed E-state index contributed by atoms with van der Waals surface area (Å²) < 4.78 is 5.85. The molecular formula is C4H8N6Pt. The Morgan fingerprint density at radius 3 is 0.818 bits per heavy atom. The van der Waals surface area contributed by atoms with Crippen LogP contribution in [0.4, 0.5) is 0 Å². The largest absolute Gasteiger partial charge is 0.369 e. The van der Waals surface area contributed by atoms with Crippen LogP contribution in [0.3, 0.4) is 0 Å². The van der Waals surface area contributed by atoms with Crippen molar-refractivity contribution in [3.8, 4) is 17.8 Å². The summed E-state index contributed by atoms with van der Waals surface area (Å²) >= 11 is -3.88. The molecule has 0 fully saturated rings. The first-order valence-corrected chi connectivity index (χ1v) is 6.07. The number of nitrogens with zero attached hydrogens (tertiary/aromatic N) is 4. The molecule has 0 amide bonds. The van der Waals surface area contributed by atoms with Gasteiger partial charge in [-0.25, -0.2) is 0 Å². The first kappa shape index (κ1) is 16.3. The number of hydrogen-bond donors (Lipinski definition) is 2. The second-order valence-corrected chi connectivity index (χ2v) is 6.20. The van der Waals surface area contributed by atoms with Crippen LogP contribution in [-0.4, -0.2) is 0 Å². The predicted molar refractivity (Wildman–Crippen MR) is 34.4 cm³/mol. The summed E-state index contributed by atoms with van der Waals surface area (Å²) in [7, 11) is 0. The average molecular weight is 335 g/mol. The number of hydrogen-bond acceptors (Lipinski definition) is 4. The van der Waals surface area contributed by atoms with Gasteiger partial charge in [0, 0.05) is 0 Å². The molecule has 0 unspecified atom stereocenters. The van der Waals surface area contributed by atoms with Gasteiger partial charge in [0.25, 0.3) is 0 Å². The van der Waals surface area contributed by atoms with E-state index in [1.165, 1.54) is 17.8 Å². The molecule has 8 N–H and O–H groups in total. The van der Waals surface area contributed by atoms with E-state index in [-0.39, 0.29) is 12.3 Å². The molecule has 0 aliphatic carbocycles. The van der Waals surface area contributed by atoms with Crippen molar-refractivity contribution in [2.45, 2.75) is 0 Å². The summed E-state index contributed by atoms with van der Waals surface area (Å²) in [4.78, 5) is 0. The standard InChI is InChI=1S/4CN.2H3N.Pt/c4*1-2;;;/h;;;;2*1H3;/q;;;;;;-2/p+2. The van der Waals surface area contributed by atoms with Gasteiger partial charge in [-0.15, -0.1) is 0 Å². The van der Waals surface area contributed by atoms with E-state index < -0.39 is 16.1 Å². The maximum Gasteiger partial charge on any atom is -0.369 e. The van der Waals surface area contributed by atoms with Crippen LogP contribution in [0, 0.1) is 38.9 Å². The van der Waals surface area contributed by atoms with Crippen molar-refractivity contribution in [2.75, 3.05) is 0 Å². The first-order valence-electron chi connectivity index (χ1n) is 1.53. The van der Waals surface area contributed by atoms with E-state index in [1.54, 1.807) is 0 Å². The summed E-state index contributed by atoms with van der Waals surface area (Å²) in [6, 6.07) is 0. The third kappa shape index (κ3) is 3.31. The van der Waals surface area contributed by atoms with Gasteiger partial charge < -0.3 is 12.3 Å². The monoisotopic (exact) mass is 335 g/mol. The third-order valence-corrected chi connectivity index (χ3v) is 3.47. The van der Waals surface area contributed by atoms with Crippen LogP contribution >= 0.6 is 0 Å². The molecule has 0 bridgehead atoms. The summed E-state index contributed by atoms with van der Waals surface area (Å²) in [6.45, 7) is 0. The molecule has 0 saturated carbocycles. The molecule has 0 aromatic heterocycles. The Morgan fingerprint density at radius 2 is 0.818 bits per heavy atom. The smallest absolute Gasteiger partial charge is 0.369 e. The number of nitriles is 4. The van der Waals surface area contributed by atoms with Crippen LogP contribution < -0.4 is 12.3 Å². The van der Waals surface area contributed by atoms with Crippen molar-refractivity contribution >= 4 is 0 Å². The van der Waals surface area contributed by atoms with E-state index in [2.05, 4.69) is 0 Å². The van der Waals surface area contributed by atoms with Gasteiger partial charge in [-0.2, -0.15) is 0 Å². The molecule has 0 aromatic rings. The molecule has 0 atom stereocenters. The Bertz CT molecular complexity index is 207. The van der Waals surface area contributed by atoms with Gasteiger partial charge in [0.2, 0.25) is 0 Å². The third-order valence-electron chi connectivity index (χ3n) is 0.424. The van der Waals surface area contributed by atoms with E-state index in [0.717, 1.165) is 0 Å². The maximum atomic E-state index is 8.14. The molecule has 6 nitrogen and oxygen atoms in total. The van der Waals surface area contributed by atoms with Gasteiger partial charge in [-0.05, 0) is 0 Å². The van der Waals surface area contributed by atoms with Crippen LogP contribution in [0.25, 0.3) is 0 Å². The summed E-state index contributed by atoms with van der Waals surface area (Å²) in [5.41, 5.74) is 0. The normalized spacial score (nSPS) is 7.64. The van der Waals surface area contributed by atoms with Gasteiger partial charge in [0.15, 0.2) is 0 Å². The molecule has 0 rings (SSSR count). The van der Waals surface area contributed by atoms with Gasteiger partial charge in [-0.1, -0.05) is 0 Å². The van der Waals surface area contributed by atoms with Crippen LogP contribution in [-0.2, 0) is 16.1 Å². The molecule has 0 radical (unpaired) electrons. The van der Waals surface area contributed by atoms with Crippen molar-refractivity contribution in [1.29, 1.82) is 21.0 Å². The predicted octanol–water partition coefficient (Wildman–Crippen LogP) is 0.817. The van der Waals surface area contributed by atoms with Crippen molar-refractivity contribution < 1.29 is 16.1 Å². The average Bonchev–Trinajstić information content (AvgIpc) is 1.95. The molecule has 64 valence electrons. The fraction of sp³-hybridized carbons (Fsp3) is 0. The van der Waals surface area contributed by atoms with E-state index in [1.807, 2.05) is 0 Å². The van der Waals surface area contributed by atoms with Gasteiger partial charge >= 0.3 is 54.9 Å². The van der Waals surface area contributed by atoms with Crippen LogP contribution in [0.1, 0.15) is 0 Å². The Labute approximate surface area is 67.6 Å². The zero-order valence-electron chi connectivity index (χ0n) is 6.11. The van der Waals surface area contributed by atoms with Crippen molar-refractivity contribution in [3.63, 3.8) is 0 Å². The second kappa shape index (κ2) is 6.69. The zero-order valence-corrected chi connectivity index (χ0v) is 8.38. The van der Waals surface area contributed by atoms with Gasteiger partial charge in [0.1, 0.15) is 0 Å². The van der Waals surface area contributed by atoms with E-state index in [9.17, 15) is 0 Å². The van der Waals surface area contributed by atoms with Crippen LogP contribution in [0.15, 0.2) is 0 Å². The van der Waals surface area contributed by atoms with Gasteiger partial charge in [-0.3, -0.25) is 0 Å². The summed E-state index contributed by atoms with van der Waals surface area (Å²) in [5.74, 6) is 0. The molecule has 0 heterocycles. The second-order valence-electron chi connectivity index (χ2n) is 0.757. The molecule has 0 spiro atoms. The minimum absolute atomic E-state index is 0. The Hall–Kier alpha value is -1.43. The minimum atomic E-state index is -3.88. The molecule has 7 heteroatoms. The van der Waals surface area contributed by atoms with Crippen molar-refractivity contribution in [3.05, 3.63) is 0 Å². The molecule has 0 aliphatic heterocycles. The maximum absolute atomic E-state index is 8.14. The number of quaternary nitrogens is 2. The quantitative estimate of drug-likeness (QED) is 0.668. The van der Waals surface area contributed by atoms with Crippen LogP contribution in [0.5, 0.6) is 0 Å². The van der Waals surface area contributed by atoms with Crippen molar-refractivity contribution in [1.82, 2.24) is 12.3 Å².